The van der Waals surface area contributed by atoms with Crippen LogP contribution in [-0.2, 0) is 12.8 Å². The first-order valence-corrected chi connectivity index (χ1v) is 9.16. The van der Waals surface area contributed by atoms with Crippen molar-refractivity contribution >= 4 is 11.6 Å². The molecule has 0 N–H and O–H groups in total. The molecule has 0 aromatic carbocycles. The van der Waals surface area contributed by atoms with E-state index in [2.05, 4.69) is 19.8 Å². The van der Waals surface area contributed by atoms with Crippen LogP contribution >= 0.6 is 0 Å². The van der Waals surface area contributed by atoms with Crippen molar-refractivity contribution in [3.8, 4) is 0 Å². The minimum Gasteiger partial charge on any atom is -0.356 e. The molecule has 2 aromatic rings. The van der Waals surface area contributed by atoms with Gasteiger partial charge in [-0.2, -0.15) is 0 Å². The topological polar surface area (TPSA) is 45.2 Å². The van der Waals surface area contributed by atoms with Crippen LogP contribution in [0.4, 0.5) is 16.0 Å². The largest absolute Gasteiger partial charge is 0.356 e. The summed E-state index contributed by atoms with van der Waals surface area (Å²) in [4.78, 5) is 18.2. The van der Waals surface area contributed by atoms with E-state index in [0.29, 0.717) is 17.7 Å². The number of anilines is 2. The van der Waals surface area contributed by atoms with Crippen molar-refractivity contribution in [2.45, 2.75) is 26.2 Å². The van der Waals surface area contributed by atoms with Crippen LogP contribution in [0.5, 0.6) is 0 Å². The second-order valence-electron chi connectivity index (χ2n) is 7.51. The van der Waals surface area contributed by atoms with E-state index in [1.54, 1.807) is 12.3 Å². The third-order valence-electron chi connectivity index (χ3n) is 5.85. The predicted molar refractivity (Wildman–Crippen MR) is 94.4 cm³/mol. The molecule has 25 heavy (non-hydrogen) atoms. The molecule has 0 radical (unpaired) electrons. The number of pyridine rings is 1. The van der Waals surface area contributed by atoms with Gasteiger partial charge in [-0.15, -0.1) is 0 Å². The Balaban J connectivity index is 1.36. The number of rotatable bonds is 2. The smallest absolute Gasteiger partial charge is 0.165 e. The number of nitrogens with zero attached hydrogens (tertiary/aromatic N) is 5. The van der Waals surface area contributed by atoms with Gasteiger partial charge in [-0.1, -0.05) is 0 Å². The van der Waals surface area contributed by atoms with Crippen LogP contribution in [0.25, 0.3) is 0 Å². The third kappa shape index (κ3) is 2.46. The van der Waals surface area contributed by atoms with E-state index >= 15 is 0 Å². The van der Waals surface area contributed by atoms with E-state index in [-0.39, 0.29) is 5.82 Å². The maximum atomic E-state index is 14.0. The Morgan fingerprint density at radius 1 is 1.00 bits per heavy atom. The molecule has 130 valence electrons. The summed E-state index contributed by atoms with van der Waals surface area (Å²) in [5, 5.41) is 0. The number of hydrogen-bond acceptors (Lipinski definition) is 5. The number of aromatic nitrogens is 3. The zero-order valence-corrected chi connectivity index (χ0v) is 14.5. The Morgan fingerprint density at radius 3 is 2.44 bits per heavy atom. The molecule has 1 aliphatic carbocycles. The van der Waals surface area contributed by atoms with Crippen molar-refractivity contribution in [2.75, 3.05) is 36.0 Å². The van der Waals surface area contributed by atoms with Gasteiger partial charge in [0.15, 0.2) is 11.6 Å². The summed E-state index contributed by atoms with van der Waals surface area (Å²) < 4.78 is 14.0. The molecular weight excluding hydrogens is 317 g/mol. The Bertz CT molecular complexity index is 809. The quantitative estimate of drug-likeness (QED) is 0.841. The molecule has 2 aliphatic heterocycles. The van der Waals surface area contributed by atoms with Crippen molar-refractivity contribution in [3.05, 3.63) is 41.2 Å². The molecule has 3 aliphatic rings. The summed E-state index contributed by atoms with van der Waals surface area (Å²) in [5.74, 6) is 3.42. The molecule has 0 saturated carbocycles. The Morgan fingerprint density at radius 2 is 1.72 bits per heavy atom. The van der Waals surface area contributed by atoms with Gasteiger partial charge in [0.05, 0.1) is 0 Å². The summed E-state index contributed by atoms with van der Waals surface area (Å²) in [5.41, 5.74) is 2.61. The Labute approximate surface area is 146 Å². The van der Waals surface area contributed by atoms with Gasteiger partial charge < -0.3 is 9.80 Å². The molecule has 2 fully saturated rings. The molecule has 4 heterocycles. The lowest BCUT2D eigenvalue weighted by Gasteiger charge is -2.25. The van der Waals surface area contributed by atoms with E-state index in [0.717, 1.165) is 50.7 Å². The first kappa shape index (κ1) is 15.0. The van der Waals surface area contributed by atoms with Crippen LogP contribution in [0.15, 0.2) is 18.3 Å². The van der Waals surface area contributed by atoms with Crippen molar-refractivity contribution < 1.29 is 4.39 Å². The van der Waals surface area contributed by atoms with Gasteiger partial charge in [-0.25, -0.2) is 19.3 Å². The first-order valence-electron chi connectivity index (χ1n) is 9.16. The second kappa shape index (κ2) is 5.64. The highest BCUT2D eigenvalue weighted by Crippen LogP contribution is 2.38. The van der Waals surface area contributed by atoms with Gasteiger partial charge in [-0.05, 0) is 38.3 Å². The van der Waals surface area contributed by atoms with Gasteiger partial charge in [-0.3, -0.25) is 0 Å². The molecule has 2 aromatic heterocycles. The van der Waals surface area contributed by atoms with Gasteiger partial charge in [0.25, 0.3) is 0 Å². The SMILES string of the molecule is Cc1nc2c(c(N3CC4CN(c5ncccc5F)CC4C3)n1)CCC2. The zero-order chi connectivity index (χ0) is 17.0. The lowest BCUT2D eigenvalue weighted by molar-refractivity contribution is 0.533. The Kier molecular flexibility index (Phi) is 3.40. The maximum absolute atomic E-state index is 14.0. The van der Waals surface area contributed by atoms with E-state index < -0.39 is 0 Å². The maximum Gasteiger partial charge on any atom is 0.165 e. The molecule has 5 nitrogen and oxygen atoms in total. The molecule has 2 saturated heterocycles. The summed E-state index contributed by atoms with van der Waals surface area (Å²) in [6.07, 6.45) is 5.04. The minimum atomic E-state index is -0.219. The number of aryl methyl sites for hydroxylation is 2. The van der Waals surface area contributed by atoms with Crippen LogP contribution in [-0.4, -0.2) is 41.1 Å². The number of fused-ring (bicyclic) bond motifs is 2. The fourth-order valence-corrected chi connectivity index (χ4v) is 4.74. The summed E-state index contributed by atoms with van der Waals surface area (Å²) in [6, 6.07) is 3.14. The fraction of sp³-hybridized carbons (Fsp3) is 0.526. The van der Waals surface area contributed by atoms with Gasteiger partial charge >= 0.3 is 0 Å². The summed E-state index contributed by atoms with van der Waals surface area (Å²) in [7, 11) is 0. The molecule has 0 amide bonds. The monoisotopic (exact) mass is 339 g/mol. The van der Waals surface area contributed by atoms with Crippen molar-refractivity contribution in [1.82, 2.24) is 15.0 Å². The normalized spacial score (nSPS) is 24.7. The zero-order valence-electron chi connectivity index (χ0n) is 14.5. The Hall–Kier alpha value is -2.24. The standard InChI is InChI=1S/C19H22FN5/c1-12-22-17-6-2-4-15(17)18(23-12)24-8-13-10-25(11-14(13)9-24)19-16(20)5-3-7-21-19/h3,5,7,13-14H,2,4,6,8-11H2,1H3. The van der Waals surface area contributed by atoms with Crippen molar-refractivity contribution in [1.29, 1.82) is 0 Å². The molecule has 6 heteroatoms. The first-order chi connectivity index (χ1) is 12.2. The molecule has 0 bridgehead atoms. The van der Waals surface area contributed by atoms with Crippen LogP contribution in [0.3, 0.4) is 0 Å². The second-order valence-corrected chi connectivity index (χ2v) is 7.51. The van der Waals surface area contributed by atoms with Crippen LogP contribution in [0, 0.1) is 24.6 Å². The lowest BCUT2D eigenvalue weighted by atomic mass is 10.0. The molecular formula is C19H22FN5. The highest BCUT2D eigenvalue weighted by atomic mass is 19.1. The van der Waals surface area contributed by atoms with Gasteiger partial charge in [0, 0.05) is 55.5 Å². The van der Waals surface area contributed by atoms with E-state index in [9.17, 15) is 4.39 Å². The van der Waals surface area contributed by atoms with Crippen LogP contribution in [0.1, 0.15) is 23.5 Å². The molecule has 5 rings (SSSR count). The van der Waals surface area contributed by atoms with Crippen molar-refractivity contribution in [2.24, 2.45) is 11.8 Å². The summed E-state index contributed by atoms with van der Waals surface area (Å²) in [6.45, 7) is 5.74. The van der Waals surface area contributed by atoms with E-state index in [1.165, 1.54) is 23.7 Å². The average Bonchev–Trinajstić information content (AvgIpc) is 3.27. The number of hydrogen-bond donors (Lipinski definition) is 0. The van der Waals surface area contributed by atoms with Crippen LogP contribution < -0.4 is 9.80 Å². The number of halogens is 1. The average molecular weight is 339 g/mol. The van der Waals surface area contributed by atoms with E-state index in [4.69, 9.17) is 4.98 Å². The van der Waals surface area contributed by atoms with Gasteiger partial charge in [0.2, 0.25) is 0 Å². The molecule has 2 unspecified atom stereocenters. The minimum absolute atomic E-state index is 0.219. The third-order valence-corrected chi connectivity index (χ3v) is 5.85. The lowest BCUT2D eigenvalue weighted by Crippen LogP contribution is -2.31. The fourth-order valence-electron chi connectivity index (χ4n) is 4.74. The van der Waals surface area contributed by atoms with Gasteiger partial charge in [0.1, 0.15) is 11.6 Å². The molecule has 0 spiro atoms. The highest BCUT2D eigenvalue weighted by molar-refractivity contribution is 5.53. The summed E-state index contributed by atoms with van der Waals surface area (Å²) >= 11 is 0. The highest BCUT2D eigenvalue weighted by Gasteiger charge is 2.42. The van der Waals surface area contributed by atoms with Crippen molar-refractivity contribution in [3.63, 3.8) is 0 Å². The molecule has 2 atom stereocenters. The van der Waals surface area contributed by atoms with Crippen LogP contribution in [0.2, 0.25) is 0 Å². The van der Waals surface area contributed by atoms with E-state index in [1.807, 2.05) is 6.92 Å². The predicted octanol–water partition coefficient (Wildman–Crippen LogP) is 2.38.